The molecule has 2 nitrogen and oxygen atoms in total. The number of hydrogen-bond donors (Lipinski definition) is 1. The Kier molecular flexibility index (Phi) is 6.21. The van der Waals surface area contributed by atoms with Crippen LogP contribution in [-0.2, 0) is 6.42 Å². The van der Waals surface area contributed by atoms with Crippen LogP contribution in [-0.4, -0.2) is 13.2 Å². The molecule has 0 bridgehead atoms. The van der Waals surface area contributed by atoms with E-state index in [2.05, 4.69) is 23.7 Å². The van der Waals surface area contributed by atoms with Crippen molar-refractivity contribution in [1.29, 1.82) is 0 Å². The summed E-state index contributed by atoms with van der Waals surface area (Å²) >= 11 is 1.66. The van der Waals surface area contributed by atoms with E-state index in [1.165, 1.54) is 5.56 Å². The monoisotopic (exact) mass is 307 g/mol. The predicted octanol–water partition coefficient (Wildman–Crippen LogP) is 4.57. The molecule has 0 saturated carbocycles. The summed E-state index contributed by atoms with van der Waals surface area (Å²) in [5.74, 6) is 0.0413. The molecule has 0 amide bonds. The van der Waals surface area contributed by atoms with Gasteiger partial charge in [0.1, 0.15) is 0 Å². The smallest absolute Gasteiger partial charge is 0.165 e. The highest BCUT2D eigenvalue weighted by atomic mass is 32.1. The second kappa shape index (κ2) is 8.15. The lowest BCUT2D eigenvalue weighted by Gasteiger charge is -2.15. The van der Waals surface area contributed by atoms with Crippen molar-refractivity contribution >= 4 is 11.3 Å². The average Bonchev–Trinajstić information content (AvgIpc) is 2.99. The highest BCUT2D eigenvalue weighted by Crippen LogP contribution is 2.22. The first-order valence-electron chi connectivity index (χ1n) is 7.37. The summed E-state index contributed by atoms with van der Waals surface area (Å²) in [5, 5.41) is 7.47. The van der Waals surface area contributed by atoms with Gasteiger partial charge in [0.05, 0.1) is 6.61 Å². The largest absolute Gasteiger partial charge is 0.490 e. The summed E-state index contributed by atoms with van der Waals surface area (Å²) in [5.41, 5.74) is 2.18. The van der Waals surface area contributed by atoms with Gasteiger partial charge in [-0.05, 0) is 60.0 Å². The molecule has 0 spiro atoms. The van der Waals surface area contributed by atoms with E-state index >= 15 is 0 Å². The van der Waals surface area contributed by atoms with Gasteiger partial charge in [0.2, 0.25) is 0 Å². The maximum atomic E-state index is 14.0. The quantitative estimate of drug-likeness (QED) is 0.771. The lowest BCUT2D eigenvalue weighted by atomic mass is 10.1. The molecule has 1 heterocycles. The van der Waals surface area contributed by atoms with Crippen LogP contribution in [0.25, 0.3) is 0 Å². The normalized spacial score (nSPS) is 12.3. The molecule has 2 aromatic rings. The van der Waals surface area contributed by atoms with E-state index < -0.39 is 0 Å². The van der Waals surface area contributed by atoms with Crippen molar-refractivity contribution < 1.29 is 9.13 Å². The van der Waals surface area contributed by atoms with E-state index in [9.17, 15) is 4.39 Å². The molecule has 1 aromatic carbocycles. The molecule has 0 aliphatic rings. The summed E-state index contributed by atoms with van der Waals surface area (Å²) in [6, 6.07) is 7.43. The minimum atomic E-state index is -0.289. The van der Waals surface area contributed by atoms with E-state index in [0.717, 1.165) is 24.9 Å². The van der Waals surface area contributed by atoms with Gasteiger partial charge in [-0.3, -0.25) is 0 Å². The summed E-state index contributed by atoms with van der Waals surface area (Å²) in [4.78, 5) is 0. The van der Waals surface area contributed by atoms with Gasteiger partial charge in [0, 0.05) is 12.5 Å². The molecule has 0 radical (unpaired) electrons. The number of hydrogen-bond acceptors (Lipinski definition) is 3. The van der Waals surface area contributed by atoms with Crippen molar-refractivity contribution in [1.82, 2.24) is 5.32 Å². The van der Waals surface area contributed by atoms with Crippen LogP contribution in [0.2, 0.25) is 0 Å². The standard InChI is InChI=1S/C17H22FNOS/c1-3-8-19-13(2)15-4-5-17(16(18)11-15)20-9-6-14-7-10-21-12-14/h4-5,7,10-13,19H,3,6,8-9H2,1-2H3. The molecule has 21 heavy (non-hydrogen) atoms. The van der Waals surface area contributed by atoms with Crippen LogP contribution in [0, 0.1) is 5.82 Å². The number of benzene rings is 1. The fraction of sp³-hybridized carbons (Fsp3) is 0.412. The van der Waals surface area contributed by atoms with E-state index in [0.29, 0.717) is 12.4 Å². The van der Waals surface area contributed by atoms with Gasteiger partial charge in [0.15, 0.2) is 11.6 Å². The summed E-state index contributed by atoms with van der Waals surface area (Å²) in [6.07, 6.45) is 1.87. The van der Waals surface area contributed by atoms with Crippen LogP contribution in [0.3, 0.4) is 0 Å². The Balaban J connectivity index is 1.89. The van der Waals surface area contributed by atoms with Gasteiger partial charge >= 0.3 is 0 Å². The van der Waals surface area contributed by atoms with Gasteiger partial charge in [-0.1, -0.05) is 13.0 Å². The van der Waals surface area contributed by atoms with Crippen molar-refractivity contribution in [3.8, 4) is 5.75 Å². The highest BCUT2D eigenvalue weighted by molar-refractivity contribution is 7.07. The summed E-state index contributed by atoms with van der Waals surface area (Å²) in [6.45, 7) is 5.59. The first kappa shape index (κ1) is 16.0. The summed E-state index contributed by atoms with van der Waals surface area (Å²) < 4.78 is 19.6. The van der Waals surface area contributed by atoms with Crippen LogP contribution >= 0.6 is 11.3 Å². The molecule has 1 N–H and O–H groups in total. The van der Waals surface area contributed by atoms with Crippen molar-refractivity contribution in [2.24, 2.45) is 0 Å². The van der Waals surface area contributed by atoms with Crippen LogP contribution in [0.5, 0.6) is 5.75 Å². The maximum absolute atomic E-state index is 14.0. The zero-order valence-corrected chi connectivity index (χ0v) is 13.4. The van der Waals surface area contributed by atoms with E-state index in [1.54, 1.807) is 23.5 Å². The Bertz CT molecular complexity index is 542. The van der Waals surface area contributed by atoms with Crippen LogP contribution in [0.1, 0.15) is 37.4 Å². The van der Waals surface area contributed by atoms with E-state index in [-0.39, 0.29) is 11.9 Å². The second-order valence-electron chi connectivity index (χ2n) is 5.10. The third-order valence-electron chi connectivity index (χ3n) is 3.38. The fourth-order valence-corrected chi connectivity index (χ4v) is 2.80. The topological polar surface area (TPSA) is 21.3 Å². The number of nitrogens with one attached hydrogen (secondary N) is 1. The van der Waals surface area contributed by atoms with Gasteiger partial charge in [-0.15, -0.1) is 0 Å². The molecular weight excluding hydrogens is 285 g/mol. The molecule has 1 unspecified atom stereocenters. The Labute approximate surface area is 130 Å². The van der Waals surface area contributed by atoms with E-state index in [1.807, 2.05) is 18.4 Å². The molecular formula is C17H22FNOS. The van der Waals surface area contributed by atoms with Crippen molar-refractivity contribution in [2.75, 3.05) is 13.2 Å². The number of halogens is 1. The number of ether oxygens (including phenoxy) is 1. The number of thiophene rings is 1. The van der Waals surface area contributed by atoms with Gasteiger partial charge < -0.3 is 10.1 Å². The molecule has 0 aliphatic heterocycles. The first-order chi connectivity index (χ1) is 10.2. The second-order valence-corrected chi connectivity index (χ2v) is 5.88. The van der Waals surface area contributed by atoms with Crippen molar-refractivity contribution in [3.63, 3.8) is 0 Å². The maximum Gasteiger partial charge on any atom is 0.165 e. The third kappa shape index (κ3) is 4.83. The van der Waals surface area contributed by atoms with E-state index in [4.69, 9.17) is 4.74 Å². The minimum absolute atomic E-state index is 0.152. The minimum Gasteiger partial charge on any atom is -0.490 e. The Morgan fingerprint density at radius 1 is 1.33 bits per heavy atom. The molecule has 0 fully saturated rings. The van der Waals surface area contributed by atoms with Gasteiger partial charge in [-0.2, -0.15) is 11.3 Å². The number of rotatable bonds is 8. The average molecular weight is 307 g/mol. The molecule has 1 atom stereocenters. The Morgan fingerprint density at radius 2 is 2.19 bits per heavy atom. The molecule has 4 heteroatoms. The van der Waals surface area contributed by atoms with Gasteiger partial charge in [-0.25, -0.2) is 4.39 Å². The van der Waals surface area contributed by atoms with Crippen LogP contribution in [0.4, 0.5) is 4.39 Å². The fourth-order valence-electron chi connectivity index (χ4n) is 2.10. The lowest BCUT2D eigenvalue weighted by Crippen LogP contribution is -2.19. The molecule has 0 saturated heterocycles. The van der Waals surface area contributed by atoms with Crippen LogP contribution < -0.4 is 10.1 Å². The SMILES string of the molecule is CCCNC(C)c1ccc(OCCc2ccsc2)c(F)c1. The molecule has 2 rings (SSSR count). The summed E-state index contributed by atoms with van der Waals surface area (Å²) in [7, 11) is 0. The molecule has 1 aromatic heterocycles. The van der Waals surface area contributed by atoms with Gasteiger partial charge in [0.25, 0.3) is 0 Å². The lowest BCUT2D eigenvalue weighted by molar-refractivity contribution is 0.305. The molecule has 114 valence electrons. The first-order valence-corrected chi connectivity index (χ1v) is 8.31. The Hall–Kier alpha value is -1.39. The molecule has 0 aliphatic carbocycles. The zero-order valence-electron chi connectivity index (χ0n) is 12.6. The predicted molar refractivity (Wildman–Crippen MR) is 86.6 cm³/mol. The Morgan fingerprint density at radius 3 is 2.86 bits per heavy atom. The highest BCUT2D eigenvalue weighted by Gasteiger charge is 2.09. The third-order valence-corrected chi connectivity index (χ3v) is 4.12. The van der Waals surface area contributed by atoms with Crippen molar-refractivity contribution in [3.05, 3.63) is 52.0 Å². The zero-order chi connectivity index (χ0) is 15.1. The van der Waals surface area contributed by atoms with Crippen LogP contribution in [0.15, 0.2) is 35.0 Å². The van der Waals surface area contributed by atoms with Crippen molar-refractivity contribution in [2.45, 2.75) is 32.7 Å².